The molecular formula is C12H17N3O4S. The van der Waals surface area contributed by atoms with Crippen molar-refractivity contribution in [1.82, 2.24) is 5.32 Å². The zero-order valence-corrected chi connectivity index (χ0v) is 11.9. The summed E-state index contributed by atoms with van der Waals surface area (Å²) in [6.07, 6.45) is 1.83. The summed E-state index contributed by atoms with van der Waals surface area (Å²) in [5.41, 5.74) is 0.755. The number of sulfonamides is 1. The minimum Gasteiger partial charge on any atom is -0.313 e. The van der Waals surface area contributed by atoms with Gasteiger partial charge in [-0.3, -0.25) is 14.8 Å². The van der Waals surface area contributed by atoms with E-state index in [9.17, 15) is 18.5 Å². The topological polar surface area (TPSA) is 101 Å². The Morgan fingerprint density at radius 2 is 2.25 bits per heavy atom. The molecule has 1 heterocycles. The van der Waals surface area contributed by atoms with Crippen molar-refractivity contribution in [2.24, 2.45) is 0 Å². The summed E-state index contributed by atoms with van der Waals surface area (Å²) >= 11 is 0. The summed E-state index contributed by atoms with van der Waals surface area (Å²) in [5, 5.41) is 13.8. The SMILES string of the molecule is Cc1cc(NS(=O)(=O)CC2CCCN2)ccc1[N+](=O)[O-]. The second kappa shape index (κ2) is 5.76. The van der Waals surface area contributed by atoms with Gasteiger partial charge in [-0.05, 0) is 38.4 Å². The molecule has 0 aromatic heterocycles. The fourth-order valence-corrected chi connectivity index (χ4v) is 3.69. The molecule has 2 N–H and O–H groups in total. The van der Waals surface area contributed by atoms with Crippen LogP contribution < -0.4 is 10.0 Å². The highest BCUT2D eigenvalue weighted by molar-refractivity contribution is 7.92. The average molecular weight is 299 g/mol. The molecule has 0 bridgehead atoms. The molecule has 1 unspecified atom stereocenters. The van der Waals surface area contributed by atoms with Gasteiger partial charge in [-0.25, -0.2) is 8.42 Å². The molecule has 0 aliphatic carbocycles. The third-order valence-corrected chi connectivity index (χ3v) is 4.64. The number of hydrogen-bond acceptors (Lipinski definition) is 5. The van der Waals surface area contributed by atoms with E-state index in [2.05, 4.69) is 10.0 Å². The zero-order chi connectivity index (χ0) is 14.8. The number of nitro benzene ring substituents is 1. The second-order valence-corrected chi connectivity index (χ2v) is 6.70. The standard InChI is InChI=1S/C12H17N3O4S/c1-9-7-10(4-5-12(9)15(16)17)14-20(18,19)8-11-3-2-6-13-11/h4-5,7,11,13-14H,2-3,6,8H2,1H3. The molecule has 0 spiro atoms. The number of aryl methyl sites for hydroxylation is 1. The minimum atomic E-state index is -3.45. The van der Waals surface area contributed by atoms with E-state index in [1.165, 1.54) is 18.2 Å². The predicted molar refractivity (Wildman–Crippen MR) is 76.3 cm³/mol. The van der Waals surface area contributed by atoms with Crippen LogP contribution >= 0.6 is 0 Å². The van der Waals surface area contributed by atoms with Gasteiger partial charge in [0.15, 0.2) is 0 Å². The first-order chi connectivity index (χ1) is 9.37. The number of nitrogens with zero attached hydrogens (tertiary/aromatic N) is 1. The maximum Gasteiger partial charge on any atom is 0.272 e. The molecule has 1 aromatic rings. The average Bonchev–Trinajstić information content (AvgIpc) is 2.79. The molecule has 8 heteroatoms. The quantitative estimate of drug-likeness (QED) is 0.632. The molecule has 1 aromatic carbocycles. The smallest absolute Gasteiger partial charge is 0.272 e. The normalized spacial score (nSPS) is 18.9. The lowest BCUT2D eigenvalue weighted by molar-refractivity contribution is -0.385. The Bertz CT molecular complexity index is 609. The third kappa shape index (κ3) is 3.67. The highest BCUT2D eigenvalue weighted by Crippen LogP contribution is 2.22. The number of nitrogens with one attached hydrogen (secondary N) is 2. The van der Waals surface area contributed by atoms with Gasteiger partial charge in [-0.15, -0.1) is 0 Å². The van der Waals surface area contributed by atoms with Crippen molar-refractivity contribution in [2.45, 2.75) is 25.8 Å². The molecule has 0 saturated carbocycles. The largest absolute Gasteiger partial charge is 0.313 e. The van der Waals surface area contributed by atoms with Crippen LogP contribution in [-0.2, 0) is 10.0 Å². The fraction of sp³-hybridized carbons (Fsp3) is 0.500. The van der Waals surface area contributed by atoms with E-state index in [1.807, 2.05) is 0 Å². The van der Waals surface area contributed by atoms with Crippen LogP contribution in [0.15, 0.2) is 18.2 Å². The first-order valence-electron chi connectivity index (χ1n) is 6.36. The van der Waals surface area contributed by atoms with E-state index in [0.29, 0.717) is 11.3 Å². The second-order valence-electron chi connectivity index (χ2n) is 4.94. The number of hydrogen-bond donors (Lipinski definition) is 2. The molecule has 7 nitrogen and oxygen atoms in total. The number of rotatable bonds is 5. The summed E-state index contributed by atoms with van der Waals surface area (Å²) in [7, 11) is -3.45. The maximum atomic E-state index is 12.0. The lowest BCUT2D eigenvalue weighted by Crippen LogP contribution is -2.32. The molecule has 1 saturated heterocycles. The number of anilines is 1. The Morgan fingerprint density at radius 3 is 2.80 bits per heavy atom. The summed E-state index contributed by atoms with van der Waals surface area (Å²) in [6.45, 7) is 2.42. The molecular weight excluding hydrogens is 282 g/mol. The Labute approximate surface area is 117 Å². The number of nitro groups is 1. The van der Waals surface area contributed by atoms with Crippen LogP contribution in [-0.4, -0.2) is 31.7 Å². The van der Waals surface area contributed by atoms with E-state index in [0.717, 1.165) is 19.4 Å². The molecule has 0 amide bonds. The highest BCUT2D eigenvalue weighted by Gasteiger charge is 2.22. The Morgan fingerprint density at radius 1 is 1.50 bits per heavy atom. The van der Waals surface area contributed by atoms with Gasteiger partial charge in [0.25, 0.3) is 5.69 Å². The van der Waals surface area contributed by atoms with Crippen molar-refractivity contribution in [3.8, 4) is 0 Å². The first kappa shape index (κ1) is 14.7. The zero-order valence-electron chi connectivity index (χ0n) is 11.1. The summed E-state index contributed by atoms with van der Waals surface area (Å²) in [6, 6.07) is 4.16. The van der Waals surface area contributed by atoms with Gasteiger partial charge in [-0.2, -0.15) is 0 Å². The van der Waals surface area contributed by atoms with Crippen LogP contribution in [0.4, 0.5) is 11.4 Å². The van der Waals surface area contributed by atoms with Crippen LogP contribution in [0.5, 0.6) is 0 Å². The Balaban J connectivity index is 2.08. The molecule has 2 rings (SSSR count). The predicted octanol–water partition coefficient (Wildman–Crippen LogP) is 1.40. The molecule has 1 atom stereocenters. The molecule has 110 valence electrons. The molecule has 1 aliphatic rings. The van der Waals surface area contributed by atoms with Gasteiger partial charge in [0.05, 0.1) is 10.7 Å². The monoisotopic (exact) mass is 299 g/mol. The van der Waals surface area contributed by atoms with Gasteiger partial charge in [-0.1, -0.05) is 0 Å². The van der Waals surface area contributed by atoms with Crippen molar-refractivity contribution in [3.63, 3.8) is 0 Å². The van der Waals surface area contributed by atoms with Gasteiger partial charge in [0.1, 0.15) is 0 Å². The molecule has 0 radical (unpaired) electrons. The molecule has 1 aliphatic heterocycles. The van der Waals surface area contributed by atoms with E-state index in [1.54, 1.807) is 6.92 Å². The van der Waals surface area contributed by atoms with E-state index in [4.69, 9.17) is 0 Å². The summed E-state index contributed by atoms with van der Waals surface area (Å²) in [5.74, 6) is 0.0169. The lowest BCUT2D eigenvalue weighted by Gasteiger charge is -2.13. The lowest BCUT2D eigenvalue weighted by atomic mass is 10.2. The Kier molecular flexibility index (Phi) is 4.24. The van der Waals surface area contributed by atoms with Crippen LogP contribution in [0.25, 0.3) is 0 Å². The van der Waals surface area contributed by atoms with Gasteiger partial charge < -0.3 is 5.32 Å². The van der Waals surface area contributed by atoms with Crippen molar-refractivity contribution in [1.29, 1.82) is 0 Å². The van der Waals surface area contributed by atoms with Gasteiger partial charge in [0.2, 0.25) is 10.0 Å². The highest BCUT2D eigenvalue weighted by atomic mass is 32.2. The van der Waals surface area contributed by atoms with Crippen molar-refractivity contribution >= 4 is 21.4 Å². The van der Waals surface area contributed by atoms with Crippen molar-refractivity contribution < 1.29 is 13.3 Å². The van der Waals surface area contributed by atoms with E-state index >= 15 is 0 Å². The van der Waals surface area contributed by atoms with Crippen LogP contribution in [0.2, 0.25) is 0 Å². The molecule has 20 heavy (non-hydrogen) atoms. The summed E-state index contributed by atoms with van der Waals surface area (Å²) in [4.78, 5) is 10.2. The Hall–Kier alpha value is -1.67. The van der Waals surface area contributed by atoms with Crippen LogP contribution in [0.1, 0.15) is 18.4 Å². The fourth-order valence-electron chi connectivity index (χ4n) is 2.31. The van der Waals surface area contributed by atoms with Crippen LogP contribution in [0, 0.1) is 17.0 Å². The molecule has 1 fully saturated rings. The van der Waals surface area contributed by atoms with Crippen LogP contribution in [0.3, 0.4) is 0 Å². The summed E-state index contributed by atoms with van der Waals surface area (Å²) < 4.78 is 26.5. The van der Waals surface area contributed by atoms with E-state index in [-0.39, 0.29) is 17.5 Å². The third-order valence-electron chi connectivity index (χ3n) is 3.25. The van der Waals surface area contributed by atoms with E-state index < -0.39 is 14.9 Å². The van der Waals surface area contributed by atoms with Gasteiger partial charge in [0, 0.05) is 23.4 Å². The maximum absolute atomic E-state index is 12.0. The van der Waals surface area contributed by atoms with Gasteiger partial charge >= 0.3 is 0 Å². The number of benzene rings is 1. The van der Waals surface area contributed by atoms with Crippen molar-refractivity contribution in [3.05, 3.63) is 33.9 Å². The first-order valence-corrected chi connectivity index (χ1v) is 8.01. The minimum absolute atomic E-state index is 0.0169. The van der Waals surface area contributed by atoms with Crippen molar-refractivity contribution in [2.75, 3.05) is 17.0 Å².